The van der Waals surface area contributed by atoms with E-state index in [1.807, 2.05) is 36.5 Å². The molecule has 0 atom stereocenters. The monoisotopic (exact) mass is 751 g/mol. The Hall–Kier alpha value is -5.13. The molecule has 0 radical (unpaired) electrons. The molecule has 0 spiro atoms. The van der Waals surface area contributed by atoms with Crippen LogP contribution < -0.4 is 4.74 Å². The number of imidazole rings is 1. The van der Waals surface area contributed by atoms with Gasteiger partial charge in [-0.1, -0.05) is 12.1 Å². The maximum absolute atomic E-state index is 6.41. The molecule has 0 amide bonds. The Kier molecular flexibility index (Phi) is 6.35. The van der Waals surface area contributed by atoms with Crippen molar-refractivity contribution in [3.05, 3.63) is 131 Å². The van der Waals surface area contributed by atoms with Crippen molar-refractivity contribution in [2.45, 2.75) is 6.92 Å². The third-order valence-corrected chi connectivity index (χ3v) is 9.15. The van der Waals surface area contributed by atoms with Gasteiger partial charge in [0, 0.05) is 29.7 Å². The van der Waals surface area contributed by atoms with E-state index in [0.29, 0.717) is 11.5 Å². The Balaban J connectivity index is 1.22. The Morgan fingerprint density at radius 3 is 2.30 bits per heavy atom. The van der Waals surface area contributed by atoms with Crippen LogP contribution in [0.5, 0.6) is 11.5 Å². The Labute approximate surface area is 264 Å². The fourth-order valence-electron chi connectivity index (χ4n) is 5.81. The summed E-state index contributed by atoms with van der Waals surface area (Å²) in [5.41, 5.74) is 8.12. The first-order valence-corrected chi connectivity index (χ1v) is 15.2. The summed E-state index contributed by atoms with van der Waals surface area (Å²) in [4.78, 5) is 13.2. The molecule has 0 aliphatic heterocycles. The number of aromatic nitrogens is 6. The van der Waals surface area contributed by atoms with E-state index >= 15 is 0 Å². The summed E-state index contributed by atoms with van der Waals surface area (Å²) in [6.45, 7) is 2.08. The molecular weight excluding hydrogens is 728 g/mol. The molecule has 216 valence electrons. The minimum Gasteiger partial charge on any atom is -0.244 e. The van der Waals surface area contributed by atoms with Crippen LogP contribution in [0.25, 0.3) is 55.5 Å². The van der Waals surface area contributed by atoms with E-state index in [2.05, 4.69) is 124 Å². The molecule has 4 aromatic heterocycles. The molecule has 0 aliphatic carbocycles. The first-order chi connectivity index (χ1) is 21.6. The first-order valence-electron chi connectivity index (χ1n) is 14.1. The van der Waals surface area contributed by atoms with Gasteiger partial charge in [0.25, 0.3) is 0 Å². The van der Waals surface area contributed by atoms with Gasteiger partial charge in [-0.05, 0) is 12.5 Å². The molecule has 8 heteroatoms. The number of hydrogen-bond donors (Lipinski definition) is 0. The molecule has 0 aliphatic rings. The predicted octanol–water partition coefficient (Wildman–Crippen LogP) is 7.70. The number of benzene rings is 4. The minimum absolute atomic E-state index is 0.600. The maximum atomic E-state index is 6.41. The van der Waals surface area contributed by atoms with Gasteiger partial charge in [0.15, 0.2) is 0 Å². The van der Waals surface area contributed by atoms with Crippen molar-refractivity contribution in [1.82, 2.24) is 28.7 Å². The summed E-state index contributed by atoms with van der Waals surface area (Å²) in [6, 6.07) is 35.8. The fourth-order valence-corrected chi connectivity index (χ4v) is 6.63. The van der Waals surface area contributed by atoms with Crippen LogP contribution >= 0.6 is 0 Å². The SMILES string of the molecule is Cc1cc(-n2c3[c-]c(Oc4[c-]c(-n5[c](=[Pt])n(C)c6ccccc65)ccc4)ccc3c3ccccc32)ncc1-c1cncnc1. The second-order valence-corrected chi connectivity index (χ2v) is 11.6. The van der Waals surface area contributed by atoms with Gasteiger partial charge in [-0.3, -0.25) is 0 Å². The summed E-state index contributed by atoms with van der Waals surface area (Å²) < 4.78 is 14.0. The number of rotatable bonds is 5. The van der Waals surface area contributed by atoms with Crippen LogP contribution in [0.3, 0.4) is 0 Å². The zero-order chi connectivity index (χ0) is 29.8. The number of aryl methyl sites for hydroxylation is 2. The molecule has 0 bridgehead atoms. The van der Waals surface area contributed by atoms with Gasteiger partial charge in [-0.25, -0.2) is 9.97 Å². The van der Waals surface area contributed by atoms with Crippen molar-refractivity contribution in [2.75, 3.05) is 0 Å². The van der Waals surface area contributed by atoms with Crippen LogP contribution in [-0.2, 0) is 26.4 Å². The number of hydrogen-bond acceptors (Lipinski definition) is 4. The number of ether oxygens (including phenoxy) is 1. The van der Waals surface area contributed by atoms with E-state index in [9.17, 15) is 0 Å². The Morgan fingerprint density at radius 1 is 0.727 bits per heavy atom. The molecule has 4 heterocycles. The van der Waals surface area contributed by atoms with Crippen molar-refractivity contribution in [3.8, 4) is 34.1 Å². The number of para-hydroxylation sites is 3. The summed E-state index contributed by atoms with van der Waals surface area (Å²) in [5.74, 6) is 2.02. The molecule has 8 rings (SSSR count). The molecule has 0 saturated carbocycles. The zero-order valence-electron chi connectivity index (χ0n) is 23.8. The minimum atomic E-state index is 0.600. The smallest absolute Gasteiger partial charge is 0.244 e. The van der Waals surface area contributed by atoms with Crippen LogP contribution in [0.1, 0.15) is 5.56 Å². The van der Waals surface area contributed by atoms with Crippen LogP contribution in [0.4, 0.5) is 0 Å². The van der Waals surface area contributed by atoms with E-state index in [-0.39, 0.29) is 0 Å². The van der Waals surface area contributed by atoms with Gasteiger partial charge in [-0.15, -0.1) is 0 Å². The number of pyridine rings is 1. The normalized spacial score (nSPS) is 11.5. The van der Waals surface area contributed by atoms with Crippen molar-refractivity contribution < 1.29 is 24.1 Å². The summed E-state index contributed by atoms with van der Waals surface area (Å²) in [5, 5.41) is 2.20. The summed E-state index contributed by atoms with van der Waals surface area (Å²) >= 11 is 2.35. The van der Waals surface area contributed by atoms with Crippen LogP contribution in [0.15, 0.2) is 110 Å². The van der Waals surface area contributed by atoms with Crippen LogP contribution in [0, 0.1) is 22.9 Å². The van der Waals surface area contributed by atoms with Crippen molar-refractivity contribution in [3.63, 3.8) is 0 Å². The molecule has 0 N–H and O–H groups in total. The average molecular weight is 752 g/mol. The summed E-state index contributed by atoms with van der Waals surface area (Å²) in [7, 11) is 2.07. The molecule has 44 heavy (non-hydrogen) atoms. The number of fused-ring (bicyclic) bond motifs is 4. The third-order valence-electron chi connectivity index (χ3n) is 7.88. The van der Waals surface area contributed by atoms with E-state index in [0.717, 1.165) is 64.8 Å². The van der Waals surface area contributed by atoms with Crippen molar-refractivity contribution in [2.24, 2.45) is 7.05 Å². The second-order valence-electron chi connectivity index (χ2n) is 10.5. The van der Waals surface area contributed by atoms with Crippen molar-refractivity contribution in [1.29, 1.82) is 0 Å². The van der Waals surface area contributed by atoms with Gasteiger partial charge in [0.2, 0.25) is 0 Å². The molecule has 8 aromatic rings. The third kappa shape index (κ3) is 4.31. The standard InChI is InChI=1S/C36H24N6O.Pt/c1-24-16-36(39-21-31(24)25-19-37-22-38-20-25)42-32-11-4-3-10-29(32)30-15-14-28(18-35(30)42)43-27-9-7-8-26(17-27)41-23-40(2)33-12-5-6-13-34(33)41;/h3-16,19-22H,1-2H3;/q-2;. The van der Waals surface area contributed by atoms with Crippen LogP contribution in [-0.4, -0.2) is 28.7 Å². The average Bonchev–Trinajstić information content (AvgIpc) is 3.52. The number of nitrogens with zero attached hydrogens (tertiary/aromatic N) is 6. The summed E-state index contributed by atoms with van der Waals surface area (Å²) in [6.07, 6.45) is 7.03. The molecule has 7 nitrogen and oxygen atoms in total. The quantitative estimate of drug-likeness (QED) is 0.169. The van der Waals surface area contributed by atoms with Crippen molar-refractivity contribution >= 4 is 32.8 Å². The fraction of sp³-hybridized carbons (Fsp3) is 0.0556. The molecule has 0 unspecified atom stereocenters. The van der Waals surface area contributed by atoms with Gasteiger partial charge < -0.3 is 0 Å². The Morgan fingerprint density at radius 2 is 1.48 bits per heavy atom. The second kappa shape index (κ2) is 10.5. The molecule has 0 saturated heterocycles. The van der Waals surface area contributed by atoms with Gasteiger partial charge >= 0.3 is 194 Å². The van der Waals surface area contributed by atoms with Gasteiger partial charge in [0.05, 0.1) is 0 Å². The van der Waals surface area contributed by atoms with E-state index < -0.39 is 0 Å². The molecular formula is C36H24N6OPt-2. The first kappa shape index (κ1) is 26.5. The predicted molar refractivity (Wildman–Crippen MR) is 168 cm³/mol. The van der Waals surface area contributed by atoms with Crippen LogP contribution in [0.2, 0.25) is 0 Å². The molecule has 4 aromatic carbocycles. The van der Waals surface area contributed by atoms with Gasteiger partial charge in [0.1, 0.15) is 6.33 Å². The van der Waals surface area contributed by atoms with E-state index in [1.165, 1.54) is 6.33 Å². The topological polar surface area (TPSA) is 62.7 Å². The molecule has 0 fully saturated rings. The van der Waals surface area contributed by atoms with E-state index in [4.69, 9.17) is 9.72 Å². The van der Waals surface area contributed by atoms with Gasteiger partial charge in [-0.2, -0.15) is 0 Å². The Bertz CT molecular complexity index is 2420. The zero-order valence-corrected chi connectivity index (χ0v) is 26.1. The van der Waals surface area contributed by atoms with E-state index in [1.54, 1.807) is 12.4 Å².